The zero-order valence-electron chi connectivity index (χ0n) is 7.61. The van der Waals surface area contributed by atoms with Crippen LogP contribution in [0, 0.1) is 11.6 Å². The van der Waals surface area contributed by atoms with E-state index in [0.717, 1.165) is 6.07 Å². The first kappa shape index (κ1) is 11.7. The number of hydrogen-bond acceptors (Lipinski definition) is 1. The lowest BCUT2D eigenvalue weighted by Gasteiger charge is -2.11. The first-order valence-electron chi connectivity index (χ1n) is 4.06. The molecule has 0 aliphatic rings. The van der Waals surface area contributed by atoms with Crippen molar-refractivity contribution in [1.29, 1.82) is 0 Å². The van der Waals surface area contributed by atoms with E-state index >= 15 is 0 Å². The van der Waals surface area contributed by atoms with Crippen LogP contribution in [0.1, 0.15) is 11.1 Å². The molecule has 1 nitrogen and oxygen atoms in total. The van der Waals surface area contributed by atoms with Crippen LogP contribution in [0.15, 0.2) is 24.8 Å². The Balaban J connectivity index is 3.27. The molecule has 0 unspecified atom stereocenters. The predicted octanol–water partition coefficient (Wildman–Crippen LogP) is 2.73. The standard InChI is InChI=1S/C10H8F4O/c1-2-3-6-4-5-7(10(13,14)15)9(12)8(6)11/h2,4-5,15H,1,3H2. The highest BCUT2D eigenvalue weighted by Gasteiger charge is 2.33. The fourth-order valence-corrected chi connectivity index (χ4v) is 1.13. The Morgan fingerprint density at radius 1 is 1.27 bits per heavy atom. The van der Waals surface area contributed by atoms with Gasteiger partial charge in [0.25, 0.3) is 0 Å². The van der Waals surface area contributed by atoms with Crippen molar-refractivity contribution in [3.05, 3.63) is 47.5 Å². The second-order valence-electron chi connectivity index (χ2n) is 2.93. The number of rotatable bonds is 3. The molecular formula is C10H8F4O. The van der Waals surface area contributed by atoms with Gasteiger partial charge in [0.15, 0.2) is 11.6 Å². The average Bonchev–Trinajstić information content (AvgIpc) is 2.11. The molecule has 0 aliphatic carbocycles. The second kappa shape index (κ2) is 4.02. The summed E-state index contributed by atoms with van der Waals surface area (Å²) >= 11 is 0. The van der Waals surface area contributed by atoms with E-state index in [0.29, 0.717) is 6.07 Å². The molecule has 0 atom stereocenters. The first-order valence-corrected chi connectivity index (χ1v) is 4.06. The number of halogens is 4. The van der Waals surface area contributed by atoms with Crippen LogP contribution in [-0.4, -0.2) is 5.11 Å². The Hall–Kier alpha value is -1.36. The van der Waals surface area contributed by atoms with E-state index in [1.165, 1.54) is 6.08 Å². The summed E-state index contributed by atoms with van der Waals surface area (Å²) in [5, 5.41) is 8.25. The van der Waals surface area contributed by atoms with E-state index in [-0.39, 0.29) is 12.0 Å². The lowest BCUT2D eigenvalue weighted by atomic mass is 10.1. The van der Waals surface area contributed by atoms with E-state index in [2.05, 4.69) is 6.58 Å². The van der Waals surface area contributed by atoms with Crippen molar-refractivity contribution in [3.8, 4) is 0 Å². The van der Waals surface area contributed by atoms with Crippen LogP contribution in [0.25, 0.3) is 0 Å². The maximum Gasteiger partial charge on any atom is 0.383 e. The van der Waals surface area contributed by atoms with E-state index in [9.17, 15) is 17.6 Å². The molecule has 0 amide bonds. The largest absolute Gasteiger partial charge is 0.383 e. The minimum atomic E-state index is -4.38. The number of alkyl halides is 2. The molecule has 0 fully saturated rings. The number of hydrogen-bond donors (Lipinski definition) is 1. The molecule has 1 aromatic rings. The van der Waals surface area contributed by atoms with Gasteiger partial charge in [0.05, 0.1) is 5.56 Å². The summed E-state index contributed by atoms with van der Waals surface area (Å²) in [6.07, 6.45) is -3.04. The molecule has 0 heterocycles. The zero-order chi connectivity index (χ0) is 11.6. The average molecular weight is 220 g/mol. The summed E-state index contributed by atoms with van der Waals surface area (Å²) < 4.78 is 50.8. The summed E-state index contributed by atoms with van der Waals surface area (Å²) in [4.78, 5) is 0. The van der Waals surface area contributed by atoms with Gasteiger partial charge in [-0.2, -0.15) is 8.78 Å². The van der Waals surface area contributed by atoms with E-state index in [1.807, 2.05) is 0 Å². The molecule has 82 valence electrons. The molecule has 15 heavy (non-hydrogen) atoms. The summed E-state index contributed by atoms with van der Waals surface area (Å²) in [7, 11) is 0. The summed E-state index contributed by atoms with van der Waals surface area (Å²) in [6, 6.07) is 1.64. The lowest BCUT2D eigenvalue weighted by Crippen LogP contribution is -2.15. The van der Waals surface area contributed by atoms with Crippen LogP contribution in [0.2, 0.25) is 0 Å². The molecule has 0 saturated heterocycles. The molecular weight excluding hydrogens is 212 g/mol. The summed E-state index contributed by atoms with van der Waals surface area (Å²) in [6.45, 7) is 3.31. The van der Waals surface area contributed by atoms with Crippen LogP contribution < -0.4 is 0 Å². The number of allylic oxidation sites excluding steroid dienone is 1. The SMILES string of the molecule is C=CCc1ccc(C(O)(F)F)c(F)c1F. The molecule has 0 spiro atoms. The van der Waals surface area contributed by atoms with Gasteiger partial charge >= 0.3 is 6.11 Å². The third-order valence-corrected chi connectivity index (χ3v) is 1.85. The predicted molar refractivity (Wildman–Crippen MR) is 46.4 cm³/mol. The molecule has 0 bridgehead atoms. The first-order chi connectivity index (χ1) is 6.88. The maximum absolute atomic E-state index is 13.1. The Bertz CT molecular complexity index is 382. The number of benzene rings is 1. The van der Waals surface area contributed by atoms with Crippen molar-refractivity contribution in [2.24, 2.45) is 0 Å². The zero-order valence-corrected chi connectivity index (χ0v) is 7.61. The van der Waals surface area contributed by atoms with Gasteiger partial charge in [-0.1, -0.05) is 12.1 Å². The minimum Gasteiger partial charge on any atom is -0.332 e. The normalized spacial score (nSPS) is 11.5. The second-order valence-corrected chi connectivity index (χ2v) is 2.93. The van der Waals surface area contributed by atoms with Gasteiger partial charge in [-0.05, 0) is 18.1 Å². The molecule has 1 rings (SSSR count). The van der Waals surface area contributed by atoms with Crippen molar-refractivity contribution in [3.63, 3.8) is 0 Å². The van der Waals surface area contributed by atoms with Crippen LogP contribution >= 0.6 is 0 Å². The highest BCUT2D eigenvalue weighted by Crippen LogP contribution is 2.29. The molecule has 0 saturated carbocycles. The maximum atomic E-state index is 13.1. The molecule has 0 radical (unpaired) electrons. The fourth-order valence-electron chi connectivity index (χ4n) is 1.13. The van der Waals surface area contributed by atoms with Crippen molar-refractivity contribution in [2.75, 3.05) is 0 Å². The Morgan fingerprint density at radius 2 is 1.87 bits per heavy atom. The van der Waals surface area contributed by atoms with Crippen LogP contribution in [0.3, 0.4) is 0 Å². The van der Waals surface area contributed by atoms with Gasteiger partial charge < -0.3 is 5.11 Å². The van der Waals surface area contributed by atoms with Gasteiger partial charge in [-0.3, -0.25) is 0 Å². The Morgan fingerprint density at radius 3 is 2.33 bits per heavy atom. The smallest absolute Gasteiger partial charge is 0.332 e. The van der Waals surface area contributed by atoms with Gasteiger partial charge in [0.2, 0.25) is 0 Å². The Labute approximate surface area is 83.7 Å². The molecule has 5 heteroatoms. The molecule has 1 N–H and O–H groups in total. The highest BCUT2D eigenvalue weighted by atomic mass is 19.3. The molecule has 0 aliphatic heterocycles. The molecule has 0 aromatic heterocycles. The number of aliphatic hydroxyl groups is 1. The van der Waals surface area contributed by atoms with Gasteiger partial charge in [0, 0.05) is 0 Å². The Kier molecular flexibility index (Phi) is 3.14. The van der Waals surface area contributed by atoms with Crippen molar-refractivity contribution >= 4 is 0 Å². The van der Waals surface area contributed by atoms with Crippen LogP contribution in [-0.2, 0) is 12.5 Å². The van der Waals surface area contributed by atoms with Gasteiger partial charge in [-0.15, -0.1) is 6.58 Å². The van der Waals surface area contributed by atoms with E-state index < -0.39 is 23.3 Å². The van der Waals surface area contributed by atoms with Crippen LogP contribution in [0.4, 0.5) is 17.6 Å². The summed E-state index contributed by atoms with van der Waals surface area (Å²) in [5.74, 6) is -3.12. The van der Waals surface area contributed by atoms with Crippen molar-refractivity contribution < 1.29 is 22.7 Å². The van der Waals surface area contributed by atoms with Crippen LogP contribution in [0.5, 0.6) is 0 Å². The third-order valence-electron chi connectivity index (χ3n) is 1.85. The fraction of sp³-hybridized carbons (Fsp3) is 0.200. The molecule has 1 aromatic carbocycles. The van der Waals surface area contributed by atoms with Crippen molar-refractivity contribution in [2.45, 2.75) is 12.5 Å². The van der Waals surface area contributed by atoms with E-state index in [1.54, 1.807) is 0 Å². The quantitative estimate of drug-likeness (QED) is 0.613. The lowest BCUT2D eigenvalue weighted by molar-refractivity contribution is -0.210. The summed E-state index contributed by atoms with van der Waals surface area (Å²) in [5.41, 5.74) is -1.46. The third kappa shape index (κ3) is 2.36. The highest BCUT2D eigenvalue weighted by molar-refractivity contribution is 5.29. The minimum absolute atomic E-state index is 0.0278. The topological polar surface area (TPSA) is 20.2 Å². The monoisotopic (exact) mass is 220 g/mol. The van der Waals surface area contributed by atoms with E-state index in [4.69, 9.17) is 5.11 Å². The van der Waals surface area contributed by atoms with Gasteiger partial charge in [-0.25, -0.2) is 8.78 Å². The van der Waals surface area contributed by atoms with Gasteiger partial charge in [0.1, 0.15) is 0 Å². The van der Waals surface area contributed by atoms with Crippen molar-refractivity contribution in [1.82, 2.24) is 0 Å².